The lowest BCUT2D eigenvalue weighted by atomic mass is 10.1. The van der Waals surface area contributed by atoms with E-state index in [1.54, 1.807) is 49.4 Å². The SMILES string of the molecule is C[C@@H](C(=O)NC(C)(C)C)N(Cc1ccc(Br)cc1)C(=O)CN(c1ccc([N+](=O)[O-])cc1)S(=O)(=O)c1ccccc1. The molecule has 2 amide bonds. The van der Waals surface area contributed by atoms with Gasteiger partial charge in [0, 0.05) is 28.7 Å². The number of amides is 2. The van der Waals surface area contributed by atoms with Crippen LogP contribution in [0.5, 0.6) is 0 Å². The lowest BCUT2D eigenvalue weighted by molar-refractivity contribution is -0.384. The summed E-state index contributed by atoms with van der Waals surface area (Å²) in [6.45, 7) is 6.45. The van der Waals surface area contributed by atoms with Crippen molar-refractivity contribution in [3.8, 4) is 0 Å². The summed E-state index contributed by atoms with van der Waals surface area (Å²) < 4.78 is 29.2. The molecule has 3 rings (SSSR count). The van der Waals surface area contributed by atoms with Gasteiger partial charge < -0.3 is 10.2 Å². The van der Waals surface area contributed by atoms with Gasteiger partial charge in [0.05, 0.1) is 15.5 Å². The number of rotatable bonds is 10. The van der Waals surface area contributed by atoms with E-state index >= 15 is 0 Å². The number of benzene rings is 3. The zero-order valence-corrected chi connectivity index (χ0v) is 25.0. The summed E-state index contributed by atoms with van der Waals surface area (Å²) in [6.07, 6.45) is 0. The molecule has 0 radical (unpaired) electrons. The lowest BCUT2D eigenvalue weighted by Gasteiger charge is -2.33. The molecule has 0 aliphatic rings. The summed E-state index contributed by atoms with van der Waals surface area (Å²) in [7, 11) is -4.26. The number of carbonyl (C=O) groups excluding carboxylic acids is 2. The van der Waals surface area contributed by atoms with Gasteiger partial charge in [-0.2, -0.15) is 0 Å². The molecule has 0 aliphatic carbocycles. The Balaban J connectivity index is 2.04. The highest BCUT2D eigenvalue weighted by Crippen LogP contribution is 2.26. The largest absolute Gasteiger partial charge is 0.350 e. The molecule has 0 spiro atoms. The summed E-state index contributed by atoms with van der Waals surface area (Å²) in [6, 6.07) is 18.8. The maximum Gasteiger partial charge on any atom is 0.269 e. The number of nitrogens with zero attached hydrogens (tertiary/aromatic N) is 3. The Kier molecular flexibility index (Phi) is 9.69. The van der Waals surface area contributed by atoms with Gasteiger partial charge in [0.1, 0.15) is 12.6 Å². The van der Waals surface area contributed by atoms with E-state index in [2.05, 4.69) is 21.2 Å². The van der Waals surface area contributed by atoms with E-state index in [0.29, 0.717) is 0 Å². The van der Waals surface area contributed by atoms with Gasteiger partial charge in [0.15, 0.2) is 0 Å². The fourth-order valence-electron chi connectivity index (χ4n) is 3.83. The van der Waals surface area contributed by atoms with Gasteiger partial charge >= 0.3 is 0 Å². The van der Waals surface area contributed by atoms with Crippen LogP contribution in [0.15, 0.2) is 88.2 Å². The predicted molar refractivity (Wildman–Crippen MR) is 156 cm³/mol. The molecule has 0 aromatic heterocycles. The molecule has 1 atom stereocenters. The summed E-state index contributed by atoms with van der Waals surface area (Å²) in [5.41, 5.74) is 0.0217. The number of nitro benzene ring substituents is 1. The van der Waals surface area contributed by atoms with Gasteiger partial charge in [0.25, 0.3) is 15.7 Å². The maximum atomic E-state index is 13.9. The lowest BCUT2D eigenvalue weighted by Crippen LogP contribution is -2.54. The molecule has 3 aromatic carbocycles. The van der Waals surface area contributed by atoms with Crippen molar-refractivity contribution in [2.75, 3.05) is 10.8 Å². The van der Waals surface area contributed by atoms with Crippen LogP contribution < -0.4 is 9.62 Å². The summed E-state index contributed by atoms with van der Waals surface area (Å²) in [5, 5.41) is 14.0. The quantitative estimate of drug-likeness (QED) is 0.251. The third-order valence-electron chi connectivity index (χ3n) is 5.89. The Bertz CT molecular complexity index is 1460. The molecule has 3 aromatic rings. The Hall–Kier alpha value is -3.77. The molecule has 10 nitrogen and oxygen atoms in total. The van der Waals surface area contributed by atoms with Crippen LogP contribution in [0.2, 0.25) is 0 Å². The minimum atomic E-state index is -4.26. The van der Waals surface area contributed by atoms with Gasteiger partial charge in [-0.05, 0) is 69.7 Å². The second-order valence-electron chi connectivity index (χ2n) is 10.2. The molecule has 212 valence electrons. The Labute approximate surface area is 242 Å². The third kappa shape index (κ3) is 7.89. The first-order valence-corrected chi connectivity index (χ1v) is 14.6. The van der Waals surface area contributed by atoms with Crippen molar-refractivity contribution in [3.05, 3.63) is 99.0 Å². The van der Waals surface area contributed by atoms with E-state index in [0.717, 1.165) is 14.3 Å². The monoisotopic (exact) mass is 630 g/mol. The van der Waals surface area contributed by atoms with Gasteiger partial charge in [-0.15, -0.1) is 0 Å². The number of hydrogen-bond donors (Lipinski definition) is 1. The molecule has 0 unspecified atom stereocenters. The van der Waals surface area contributed by atoms with Crippen LogP contribution in [0, 0.1) is 10.1 Å². The summed E-state index contributed by atoms with van der Waals surface area (Å²) >= 11 is 3.38. The minimum absolute atomic E-state index is 0.0460. The van der Waals surface area contributed by atoms with Crippen LogP contribution >= 0.6 is 15.9 Å². The third-order valence-corrected chi connectivity index (χ3v) is 8.21. The molecule has 1 N–H and O–H groups in total. The first-order valence-electron chi connectivity index (χ1n) is 12.4. The summed E-state index contributed by atoms with van der Waals surface area (Å²) in [5.74, 6) is -1.02. The molecule has 0 aliphatic heterocycles. The van der Waals surface area contributed by atoms with Crippen molar-refractivity contribution in [2.24, 2.45) is 0 Å². The highest BCUT2D eigenvalue weighted by molar-refractivity contribution is 9.10. The first kappa shape index (κ1) is 30.8. The van der Waals surface area contributed by atoms with Gasteiger partial charge in [0.2, 0.25) is 11.8 Å². The Morgan fingerprint density at radius 3 is 2.08 bits per heavy atom. The van der Waals surface area contributed by atoms with Crippen LogP contribution in [-0.2, 0) is 26.2 Å². The number of halogens is 1. The van der Waals surface area contributed by atoms with E-state index in [9.17, 15) is 28.1 Å². The first-order chi connectivity index (χ1) is 18.7. The van der Waals surface area contributed by atoms with Crippen LogP contribution in [0.25, 0.3) is 0 Å². The van der Waals surface area contributed by atoms with Gasteiger partial charge in [-0.1, -0.05) is 46.3 Å². The Morgan fingerprint density at radius 1 is 0.975 bits per heavy atom. The normalized spacial score (nSPS) is 12.3. The highest BCUT2D eigenvalue weighted by Gasteiger charge is 2.33. The number of sulfonamides is 1. The highest BCUT2D eigenvalue weighted by atomic mass is 79.9. The smallest absolute Gasteiger partial charge is 0.269 e. The molecule has 0 heterocycles. The predicted octanol–water partition coefficient (Wildman–Crippen LogP) is 4.88. The number of nitrogens with one attached hydrogen (secondary N) is 1. The van der Waals surface area contributed by atoms with Crippen molar-refractivity contribution in [1.82, 2.24) is 10.2 Å². The maximum absolute atomic E-state index is 13.9. The average molecular weight is 632 g/mol. The molecule has 0 fully saturated rings. The number of non-ortho nitro benzene ring substituents is 1. The Morgan fingerprint density at radius 2 is 1.55 bits per heavy atom. The van der Waals surface area contributed by atoms with Crippen LogP contribution in [0.1, 0.15) is 33.3 Å². The van der Waals surface area contributed by atoms with Crippen molar-refractivity contribution in [2.45, 2.75) is 50.7 Å². The average Bonchev–Trinajstić information content (AvgIpc) is 2.90. The number of carbonyl (C=O) groups is 2. The van der Waals surface area contributed by atoms with Gasteiger partial charge in [-0.3, -0.25) is 24.0 Å². The molecular weight excluding hydrogens is 600 g/mol. The van der Waals surface area contributed by atoms with E-state index in [-0.39, 0.29) is 22.8 Å². The molecule has 0 saturated carbocycles. The molecule has 0 saturated heterocycles. The van der Waals surface area contributed by atoms with Crippen LogP contribution in [0.4, 0.5) is 11.4 Å². The van der Waals surface area contributed by atoms with Crippen molar-refractivity contribution in [3.63, 3.8) is 0 Å². The zero-order chi connectivity index (χ0) is 29.7. The molecule has 40 heavy (non-hydrogen) atoms. The van der Waals surface area contributed by atoms with E-state index in [4.69, 9.17) is 0 Å². The zero-order valence-electron chi connectivity index (χ0n) is 22.6. The van der Waals surface area contributed by atoms with Crippen molar-refractivity contribution in [1.29, 1.82) is 0 Å². The second kappa shape index (κ2) is 12.6. The summed E-state index contributed by atoms with van der Waals surface area (Å²) in [4.78, 5) is 38.8. The number of anilines is 1. The topological polar surface area (TPSA) is 130 Å². The van der Waals surface area contributed by atoms with E-state index in [1.165, 1.54) is 41.3 Å². The second-order valence-corrected chi connectivity index (χ2v) is 12.9. The van der Waals surface area contributed by atoms with Crippen molar-refractivity contribution < 1.29 is 22.9 Å². The van der Waals surface area contributed by atoms with Gasteiger partial charge in [-0.25, -0.2) is 8.42 Å². The number of nitro groups is 1. The minimum Gasteiger partial charge on any atom is -0.350 e. The molecule has 0 bridgehead atoms. The fraction of sp³-hybridized carbons (Fsp3) is 0.286. The molecule has 12 heteroatoms. The van der Waals surface area contributed by atoms with Crippen LogP contribution in [-0.4, -0.2) is 48.2 Å². The molecular formula is C28H31BrN4O6S. The standard InChI is InChI=1S/C28H31BrN4O6S/c1-20(27(35)30-28(2,3)4)31(18-21-10-12-22(29)13-11-21)26(34)19-32(23-14-16-24(17-15-23)33(36)37)40(38,39)25-8-6-5-7-9-25/h5-17,20H,18-19H2,1-4H3,(H,30,35)/t20-/m0/s1. The van der Waals surface area contributed by atoms with E-state index in [1.807, 2.05) is 20.8 Å². The van der Waals surface area contributed by atoms with E-state index < -0.39 is 44.9 Å². The fourth-order valence-corrected chi connectivity index (χ4v) is 5.53. The van der Waals surface area contributed by atoms with Crippen molar-refractivity contribution >= 4 is 49.1 Å². The van der Waals surface area contributed by atoms with Crippen LogP contribution in [0.3, 0.4) is 0 Å². The number of hydrogen-bond acceptors (Lipinski definition) is 6.